The van der Waals surface area contributed by atoms with Gasteiger partial charge in [0.25, 0.3) is 5.91 Å². The Morgan fingerprint density at radius 2 is 2.09 bits per heavy atom. The van der Waals surface area contributed by atoms with Gasteiger partial charge in [-0.3, -0.25) is 9.78 Å². The molecule has 2 aromatic heterocycles. The van der Waals surface area contributed by atoms with Gasteiger partial charge in [-0.2, -0.15) is 0 Å². The van der Waals surface area contributed by atoms with Crippen molar-refractivity contribution in [1.82, 2.24) is 19.9 Å². The van der Waals surface area contributed by atoms with Crippen LogP contribution in [-0.2, 0) is 10.5 Å². The molecule has 0 spiro atoms. The summed E-state index contributed by atoms with van der Waals surface area (Å²) in [6.07, 6.45) is 7.47. The predicted octanol–water partition coefficient (Wildman–Crippen LogP) is 4.91. The lowest BCUT2D eigenvalue weighted by Crippen LogP contribution is -2.41. The Morgan fingerprint density at radius 3 is 2.88 bits per heavy atom. The van der Waals surface area contributed by atoms with Crippen molar-refractivity contribution in [1.29, 1.82) is 0 Å². The first kappa shape index (κ1) is 22.6. The lowest BCUT2D eigenvalue weighted by Gasteiger charge is -2.33. The second-order valence-corrected chi connectivity index (χ2v) is 9.17. The third-order valence-corrected chi connectivity index (χ3v) is 6.60. The fourth-order valence-electron chi connectivity index (χ4n) is 3.75. The van der Waals surface area contributed by atoms with E-state index in [4.69, 9.17) is 21.3 Å². The number of piperidine rings is 1. The zero-order valence-electron chi connectivity index (χ0n) is 17.9. The smallest absolute Gasteiger partial charge is 0.260 e. The number of benzene rings is 1. The third kappa shape index (κ3) is 5.99. The zero-order valence-corrected chi connectivity index (χ0v) is 19.5. The van der Waals surface area contributed by atoms with Gasteiger partial charge in [0.15, 0.2) is 11.8 Å². The SMILES string of the molecule is Cc1cnc(SCc2cccnc2)nc1[C@@H]1CCCN(C(=O)COc2ccc(Cl)cc2)C1. The second-order valence-electron chi connectivity index (χ2n) is 7.79. The quantitative estimate of drug-likeness (QED) is 0.362. The van der Waals surface area contributed by atoms with E-state index in [1.54, 1.807) is 42.2 Å². The molecule has 1 fully saturated rings. The maximum atomic E-state index is 12.8. The molecular weight excluding hydrogens is 444 g/mol. The fraction of sp³-hybridized carbons (Fsp3) is 0.333. The van der Waals surface area contributed by atoms with Crippen LogP contribution in [0.4, 0.5) is 0 Å². The summed E-state index contributed by atoms with van der Waals surface area (Å²) in [4.78, 5) is 28.1. The largest absolute Gasteiger partial charge is 0.484 e. The number of aromatic nitrogens is 3. The Labute approximate surface area is 197 Å². The second kappa shape index (κ2) is 10.8. The van der Waals surface area contributed by atoms with Gasteiger partial charge in [0.05, 0.1) is 5.69 Å². The molecule has 0 bridgehead atoms. The molecule has 0 N–H and O–H groups in total. The minimum atomic E-state index is -0.0115. The number of aryl methyl sites for hydroxylation is 1. The van der Waals surface area contributed by atoms with Crippen LogP contribution in [0.15, 0.2) is 60.1 Å². The number of halogens is 1. The van der Waals surface area contributed by atoms with E-state index in [9.17, 15) is 4.79 Å². The molecule has 1 saturated heterocycles. The molecule has 166 valence electrons. The van der Waals surface area contributed by atoms with E-state index in [2.05, 4.69) is 9.97 Å². The Hall–Kier alpha value is -2.64. The maximum Gasteiger partial charge on any atom is 0.260 e. The van der Waals surface area contributed by atoms with Gasteiger partial charge in [-0.25, -0.2) is 9.97 Å². The molecule has 0 aliphatic carbocycles. The summed E-state index contributed by atoms with van der Waals surface area (Å²) >= 11 is 7.50. The lowest BCUT2D eigenvalue weighted by atomic mass is 9.92. The molecule has 1 aliphatic rings. The molecule has 3 heterocycles. The van der Waals surface area contributed by atoms with Crippen LogP contribution in [0.25, 0.3) is 0 Å². The third-order valence-electron chi connectivity index (χ3n) is 5.42. The van der Waals surface area contributed by atoms with E-state index < -0.39 is 0 Å². The molecule has 1 amide bonds. The number of hydrogen-bond donors (Lipinski definition) is 0. The van der Waals surface area contributed by atoms with Crippen molar-refractivity contribution in [2.45, 2.75) is 36.6 Å². The number of thioether (sulfide) groups is 1. The van der Waals surface area contributed by atoms with Gasteiger partial charge in [0, 0.05) is 48.4 Å². The molecule has 3 aromatic rings. The first-order chi connectivity index (χ1) is 15.6. The molecular formula is C24H25ClN4O2S. The zero-order chi connectivity index (χ0) is 22.3. The number of ether oxygens (including phenoxy) is 1. The van der Waals surface area contributed by atoms with Crippen molar-refractivity contribution in [2.24, 2.45) is 0 Å². The molecule has 6 nitrogen and oxygen atoms in total. The Balaban J connectivity index is 1.37. The number of hydrogen-bond acceptors (Lipinski definition) is 6. The van der Waals surface area contributed by atoms with Crippen LogP contribution in [0.1, 0.15) is 35.6 Å². The average Bonchev–Trinajstić information content (AvgIpc) is 2.83. The van der Waals surface area contributed by atoms with Crippen molar-refractivity contribution < 1.29 is 9.53 Å². The van der Waals surface area contributed by atoms with Crippen LogP contribution in [0, 0.1) is 6.92 Å². The van der Waals surface area contributed by atoms with E-state index in [1.165, 1.54) is 0 Å². The first-order valence-corrected chi connectivity index (χ1v) is 12.0. The van der Waals surface area contributed by atoms with Crippen LogP contribution in [-0.4, -0.2) is 45.5 Å². The molecule has 4 rings (SSSR count). The molecule has 1 atom stereocenters. The highest BCUT2D eigenvalue weighted by atomic mass is 35.5. The van der Waals surface area contributed by atoms with Crippen molar-refractivity contribution >= 4 is 29.3 Å². The van der Waals surface area contributed by atoms with Gasteiger partial charge in [-0.1, -0.05) is 29.4 Å². The van der Waals surface area contributed by atoms with Gasteiger partial charge >= 0.3 is 0 Å². The van der Waals surface area contributed by atoms with E-state index in [0.717, 1.165) is 47.1 Å². The summed E-state index contributed by atoms with van der Waals surface area (Å²) in [5, 5.41) is 1.39. The monoisotopic (exact) mass is 468 g/mol. The van der Waals surface area contributed by atoms with Crippen LogP contribution in [0.2, 0.25) is 5.02 Å². The minimum absolute atomic E-state index is 0.0115. The standard InChI is InChI=1S/C24H25ClN4O2S/c1-17-12-27-24(32-16-18-4-2-10-26-13-18)28-23(17)19-5-3-11-29(14-19)22(30)15-31-21-8-6-20(25)7-9-21/h2,4,6-10,12-13,19H,3,5,11,14-16H2,1H3/t19-/m1/s1. The maximum absolute atomic E-state index is 12.8. The fourth-order valence-corrected chi connectivity index (χ4v) is 4.63. The van der Waals surface area contributed by atoms with Crippen LogP contribution >= 0.6 is 23.4 Å². The van der Waals surface area contributed by atoms with Crippen LogP contribution in [0.5, 0.6) is 5.75 Å². The number of carbonyl (C=O) groups is 1. The summed E-state index contributed by atoms with van der Waals surface area (Å²) in [7, 11) is 0. The van der Waals surface area contributed by atoms with Gasteiger partial charge in [0.1, 0.15) is 5.75 Å². The van der Waals surface area contributed by atoms with Crippen molar-refractivity contribution in [2.75, 3.05) is 19.7 Å². The number of rotatable bonds is 7. The number of carbonyl (C=O) groups excluding carboxylic acids is 1. The lowest BCUT2D eigenvalue weighted by molar-refractivity contribution is -0.134. The highest BCUT2D eigenvalue weighted by molar-refractivity contribution is 7.98. The highest BCUT2D eigenvalue weighted by Crippen LogP contribution is 2.29. The van der Waals surface area contributed by atoms with Crippen LogP contribution < -0.4 is 4.74 Å². The Kier molecular flexibility index (Phi) is 7.60. The molecule has 0 saturated carbocycles. The highest BCUT2D eigenvalue weighted by Gasteiger charge is 2.27. The number of amides is 1. The topological polar surface area (TPSA) is 68.2 Å². The summed E-state index contributed by atoms with van der Waals surface area (Å²) in [5.74, 6) is 1.60. The molecule has 1 aliphatic heterocycles. The van der Waals surface area contributed by atoms with E-state index in [-0.39, 0.29) is 18.4 Å². The van der Waals surface area contributed by atoms with Crippen molar-refractivity contribution in [3.8, 4) is 5.75 Å². The number of pyridine rings is 1. The molecule has 0 unspecified atom stereocenters. The molecule has 8 heteroatoms. The van der Waals surface area contributed by atoms with Gasteiger partial charge in [0.2, 0.25) is 0 Å². The average molecular weight is 469 g/mol. The van der Waals surface area contributed by atoms with E-state index >= 15 is 0 Å². The summed E-state index contributed by atoms with van der Waals surface area (Å²) in [6, 6.07) is 11.0. The molecule has 0 radical (unpaired) electrons. The summed E-state index contributed by atoms with van der Waals surface area (Å²) in [5.41, 5.74) is 3.23. The summed E-state index contributed by atoms with van der Waals surface area (Å²) in [6.45, 7) is 3.44. The number of nitrogens with zero attached hydrogens (tertiary/aromatic N) is 4. The van der Waals surface area contributed by atoms with E-state index in [1.807, 2.05) is 36.4 Å². The molecule has 1 aromatic carbocycles. The predicted molar refractivity (Wildman–Crippen MR) is 126 cm³/mol. The number of likely N-dealkylation sites (tertiary alicyclic amines) is 1. The van der Waals surface area contributed by atoms with Crippen molar-refractivity contribution in [3.63, 3.8) is 0 Å². The Bertz CT molecular complexity index is 1050. The van der Waals surface area contributed by atoms with Gasteiger partial charge < -0.3 is 9.64 Å². The van der Waals surface area contributed by atoms with Crippen molar-refractivity contribution in [3.05, 3.63) is 76.8 Å². The van der Waals surface area contributed by atoms with Gasteiger partial charge in [-0.05, 0) is 61.2 Å². The summed E-state index contributed by atoms with van der Waals surface area (Å²) < 4.78 is 5.65. The normalized spacial score (nSPS) is 16.1. The molecule has 32 heavy (non-hydrogen) atoms. The first-order valence-electron chi connectivity index (χ1n) is 10.6. The Morgan fingerprint density at radius 1 is 1.25 bits per heavy atom. The minimum Gasteiger partial charge on any atom is -0.484 e. The van der Waals surface area contributed by atoms with E-state index in [0.29, 0.717) is 17.3 Å². The van der Waals surface area contributed by atoms with Crippen LogP contribution in [0.3, 0.4) is 0 Å². The van der Waals surface area contributed by atoms with Gasteiger partial charge in [-0.15, -0.1) is 0 Å².